The Bertz CT molecular complexity index is 600. The number of nitrogens with zero attached hydrogens (tertiary/aromatic N) is 3. The molecule has 1 aromatic heterocycles. The molecule has 1 saturated heterocycles. The first-order valence-corrected chi connectivity index (χ1v) is 8.06. The summed E-state index contributed by atoms with van der Waals surface area (Å²) < 4.78 is 16.7. The Morgan fingerprint density at radius 3 is 2.91 bits per heavy atom. The molecule has 0 unspecified atom stereocenters. The van der Waals surface area contributed by atoms with Crippen molar-refractivity contribution >= 4 is 0 Å². The van der Waals surface area contributed by atoms with Crippen molar-refractivity contribution in [2.24, 2.45) is 0 Å². The Hall–Kier alpha value is -1.76. The summed E-state index contributed by atoms with van der Waals surface area (Å²) >= 11 is 0. The molecule has 124 valence electrons. The Balaban J connectivity index is 1.69. The molecule has 0 radical (unpaired) electrons. The van der Waals surface area contributed by atoms with Gasteiger partial charge < -0.3 is 14.0 Å². The van der Waals surface area contributed by atoms with Gasteiger partial charge in [-0.25, -0.2) is 0 Å². The van der Waals surface area contributed by atoms with E-state index in [1.54, 1.807) is 0 Å². The Morgan fingerprint density at radius 1 is 1.30 bits per heavy atom. The second-order valence-electron chi connectivity index (χ2n) is 5.87. The molecule has 1 fully saturated rings. The number of ether oxygens (including phenoxy) is 2. The Morgan fingerprint density at radius 2 is 2.13 bits per heavy atom. The molecular weight excluding hydrogens is 294 g/mol. The zero-order valence-corrected chi connectivity index (χ0v) is 13.6. The molecule has 1 aliphatic rings. The van der Waals surface area contributed by atoms with E-state index in [0.717, 1.165) is 25.3 Å². The van der Waals surface area contributed by atoms with Crippen molar-refractivity contribution in [1.82, 2.24) is 15.0 Å². The lowest BCUT2D eigenvalue weighted by Crippen LogP contribution is -2.42. The summed E-state index contributed by atoms with van der Waals surface area (Å²) in [4.78, 5) is 6.85. The zero-order chi connectivity index (χ0) is 16.1. The van der Waals surface area contributed by atoms with Crippen LogP contribution in [0.1, 0.15) is 25.7 Å². The maximum absolute atomic E-state index is 5.66. The molecule has 1 atom stereocenters. The van der Waals surface area contributed by atoms with E-state index in [0.29, 0.717) is 24.9 Å². The summed E-state index contributed by atoms with van der Waals surface area (Å²) in [5.74, 6) is 1.22. The third-order valence-electron chi connectivity index (χ3n) is 3.83. The molecule has 3 rings (SSSR count). The quantitative estimate of drug-likeness (QED) is 0.816. The molecule has 0 aliphatic carbocycles. The van der Waals surface area contributed by atoms with Gasteiger partial charge in [0.15, 0.2) is 5.82 Å². The smallest absolute Gasteiger partial charge is 0.257 e. The van der Waals surface area contributed by atoms with Crippen LogP contribution in [0.2, 0.25) is 0 Å². The third-order valence-corrected chi connectivity index (χ3v) is 3.83. The van der Waals surface area contributed by atoms with E-state index in [4.69, 9.17) is 14.0 Å². The van der Waals surface area contributed by atoms with Gasteiger partial charge in [0.1, 0.15) is 0 Å². The highest BCUT2D eigenvalue weighted by Crippen LogP contribution is 2.24. The van der Waals surface area contributed by atoms with E-state index in [1.165, 1.54) is 0 Å². The van der Waals surface area contributed by atoms with E-state index >= 15 is 0 Å². The minimum atomic E-state index is 0.0146. The molecule has 2 heterocycles. The molecule has 0 N–H and O–H groups in total. The second kappa shape index (κ2) is 7.68. The predicted octanol–water partition coefficient (Wildman–Crippen LogP) is 2.53. The van der Waals surface area contributed by atoms with Gasteiger partial charge in [0, 0.05) is 18.7 Å². The maximum Gasteiger partial charge on any atom is 0.257 e. The summed E-state index contributed by atoms with van der Waals surface area (Å²) in [5.41, 5.74) is 0.928. The monoisotopic (exact) mass is 317 g/mol. The number of rotatable bonds is 6. The SMILES string of the molecule is CC(C)OCCN1CCOC[C@@H]1c1noc(-c2ccccc2)n1. The van der Waals surface area contributed by atoms with Crippen LogP contribution in [-0.4, -0.2) is 54.1 Å². The van der Waals surface area contributed by atoms with Crippen LogP contribution in [-0.2, 0) is 9.47 Å². The van der Waals surface area contributed by atoms with E-state index in [1.807, 2.05) is 44.2 Å². The highest BCUT2D eigenvalue weighted by Gasteiger charge is 2.28. The lowest BCUT2D eigenvalue weighted by molar-refractivity contribution is -0.0305. The number of aromatic nitrogens is 2. The van der Waals surface area contributed by atoms with Gasteiger partial charge in [-0.3, -0.25) is 4.90 Å². The molecule has 1 aliphatic heterocycles. The predicted molar refractivity (Wildman–Crippen MR) is 86.0 cm³/mol. The standard InChI is InChI=1S/C17H23N3O3/c1-13(2)22-11-9-20-8-10-21-12-15(20)16-18-17(23-19-16)14-6-4-3-5-7-14/h3-7,13,15H,8-12H2,1-2H3/t15-/m1/s1. The number of benzene rings is 1. The third kappa shape index (κ3) is 4.16. The van der Waals surface area contributed by atoms with Gasteiger partial charge in [-0.1, -0.05) is 23.4 Å². The number of morpholine rings is 1. The molecule has 1 aromatic carbocycles. The van der Waals surface area contributed by atoms with Gasteiger partial charge in [0.05, 0.1) is 32.0 Å². The molecule has 2 aromatic rings. The van der Waals surface area contributed by atoms with E-state index in [2.05, 4.69) is 15.0 Å². The first-order chi connectivity index (χ1) is 11.2. The molecule has 6 heteroatoms. The van der Waals surface area contributed by atoms with Crippen molar-refractivity contribution in [3.8, 4) is 11.5 Å². The van der Waals surface area contributed by atoms with Crippen LogP contribution in [0.4, 0.5) is 0 Å². The minimum Gasteiger partial charge on any atom is -0.378 e. The average Bonchev–Trinajstić information content (AvgIpc) is 3.06. The van der Waals surface area contributed by atoms with Crippen LogP contribution in [0.15, 0.2) is 34.9 Å². The van der Waals surface area contributed by atoms with E-state index < -0.39 is 0 Å². The summed E-state index contributed by atoms with van der Waals surface area (Å²) in [6.45, 7) is 7.77. The summed E-state index contributed by atoms with van der Waals surface area (Å²) in [6, 6.07) is 9.82. The van der Waals surface area contributed by atoms with Gasteiger partial charge >= 0.3 is 0 Å². The highest BCUT2D eigenvalue weighted by atomic mass is 16.5. The van der Waals surface area contributed by atoms with Gasteiger partial charge in [-0.2, -0.15) is 4.98 Å². The van der Waals surface area contributed by atoms with Crippen molar-refractivity contribution in [2.75, 3.05) is 32.9 Å². The van der Waals surface area contributed by atoms with Crippen molar-refractivity contribution in [1.29, 1.82) is 0 Å². The molecule has 23 heavy (non-hydrogen) atoms. The lowest BCUT2D eigenvalue weighted by Gasteiger charge is -2.33. The fraction of sp³-hybridized carbons (Fsp3) is 0.529. The van der Waals surface area contributed by atoms with Crippen LogP contribution < -0.4 is 0 Å². The zero-order valence-electron chi connectivity index (χ0n) is 13.6. The van der Waals surface area contributed by atoms with Crippen LogP contribution in [0.25, 0.3) is 11.5 Å². The lowest BCUT2D eigenvalue weighted by atomic mass is 10.2. The van der Waals surface area contributed by atoms with Crippen molar-refractivity contribution < 1.29 is 14.0 Å². The summed E-state index contributed by atoms with van der Waals surface area (Å²) in [7, 11) is 0. The molecule has 0 bridgehead atoms. The molecular formula is C17H23N3O3. The molecule has 6 nitrogen and oxygen atoms in total. The fourth-order valence-corrected chi connectivity index (χ4v) is 2.62. The summed E-state index contributed by atoms with van der Waals surface area (Å²) in [5, 5.41) is 4.16. The van der Waals surface area contributed by atoms with Crippen molar-refractivity contribution in [2.45, 2.75) is 26.0 Å². The number of hydrogen-bond donors (Lipinski definition) is 0. The van der Waals surface area contributed by atoms with Crippen molar-refractivity contribution in [3.63, 3.8) is 0 Å². The van der Waals surface area contributed by atoms with Crippen LogP contribution in [0, 0.1) is 0 Å². The van der Waals surface area contributed by atoms with E-state index in [9.17, 15) is 0 Å². The van der Waals surface area contributed by atoms with Gasteiger partial charge in [0.2, 0.25) is 0 Å². The highest BCUT2D eigenvalue weighted by molar-refractivity contribution is 5.52. The van der Waals surface area contributed by atoms with Crippen LogP contribution in [0.5, 0.6) is 0 Å². The molecule has 0 saturated carbocycles. The minimum absolute atomic E-state index is 0.0146. The normalized spacial score (nSPS) is 19.3. The fourth-order valence-electron chi connectivity index (χ4n) is 2.62. The largest absolute Gasteiger partial charge is 0.378 e. The average molecular weight is 317 g/mol. The molecule has 0 spiro atoms. The second-order valence-corrected chi connectivity index (χ2v) is 5.87. The topological polar surface area (TPSA) is 60.6 Å². The van der Waals surface area contributed by atoms with Crippen LogP contribution in [0.3, 0.4) is 0 Å². The Labute approximate surface area is 136 Å². The van der Waals surface area contributed by atoms with E-state index in [-0.39, 0.29) is 12.1 Å². The van der Waals surface area contributed by atoms with Gasteiger partial charge in [-0.15, -0.1) is 0 Å². The first kappa shape index (κ1) is 16.1. The maximum atomic E-state index is 5.66. The number of hydrogen-bond acceptors (Lipinski definition) is 6. The van der Waals surface area contributed by atoms with Gasteiger partial charge in [-0.05, 0) is 26.0 Å². The van der Waals surface area contributed by atoms with Gasteiger partial charge in [0.25, 0.3) is 5.89 Å². The summed E-state index contributed by atoms with van der Waals surface area (Å²) in [6.07, 6.45) is 0.240. The van der Waals surface area contributed by atoms with Crippen LogP contribution >= 0.6 is 0 Å². The van der Waals surface area contributed by atoms with Crippen molar-refractivity contribution in [3.05, 3.63) is 36.2 Å². The Kier molecular flexibility index (Phi) is 5.38. The first-order valence-electron chi connectivity index (χ1n) is 8.06. The molecule has 0 amide bonds.